The molecular weight excluding hydrogens is 427 g/mol. The van der Waals surface area contributed by atoms with E-state index in [1.165, 1.54) is 61.6 Å². The number of aryl methyl sites for hydroxylation is 4. The van der Waals surface area contributed by atoms with E-state index in [1.807, 2.05) is 30.3 Å². The van der Waals surface area contributed by atoms with E-state index in [2.05, 4.69) is 37.3 Å². The fourth-order valence-electron chi connectivity index (χ4n) is 5.28. The smallest absolute Gasteiger partial charge is 0.126 e. The van der Waals surface area contributed by atoms with Gasteiger partial charge in [-0.1, -0.05) is 73.5 Å². The Hall–Kier alpha value is -2.12. The Labute approximate surface area is 204 Å². The van der Waals surface area contributed by atoms with E-state index in [0.717, 1.165) is 41.3 Å². The lowest BCUT2D eigenvalue weighted by atomic mass is 9.77. The summed E-state index contributed by atoms with van der Waals surface area (Å²) >= 11 is 5.95. The van der Waals surface area contributed by atoms with Crippen molar-refractivity contribution in [3.8, 4) is 0 Å². The summed E-state index contributed by atoms with van der Waals surface area (Å²) in [6.07, 6.45) is 11.3. The minimum atomic E-state index is -0.0586. The molecule has 3 aromatic carbocycles. The first-order chi connectivity index (χ1) is 16.1. The van der Waals surface area contributed by atoms with Crippen LogP contribution in [0.5, 0.6) is 0 Å². The van der Waals surface area contributed by atoms with E-state index >= 15 is 0 Å². The maximum atomic E-state index is 14.7. The fraction of sp³-hybridized carbons (Fsp3) is 0.419. The topological polar surface area (TPSA) is 0 Å². The summed E-state index contributed by atoms with van der Waals surface area (Å²) in [6, 6.07) is 23.1. The Kier molecular flexibility index (Phi) is 8.62. The van der Waals surface area contributed by atoms with E-state index < -0.39 is 0 Å². The summed E-state index contributed by atoms with van der Waals surface area (Å²) in [6.45, 7) is 2.24. The average molecular weight is 463 g/mol. The van der Waals surface area contributed by atoms with Gasteiger partial charge in [0.1, 0.15) is 5.82 Å². The van der Waals surface area contributed by atoms with Crippen LogP contribution in [0.2, 0.25) is 5.02 Å². The summed E-state index contributed by atoms with van der Waals surface area (Å²) in [7, 11) is 0. The maximum absolute atomic E-state index is 14.7. The third-order valence-electron chi connectivity index (χ3n) is 7.39. The number of halogens is 2. The van der Waals surface area contributed by atoms with Crippen LogP contribution in [0.4, 0.5) is 4.39 Å². The Morgan fingerprint density at radius 3 is 2.03 bits per heavy atom. The van der Waals surface area contributed by atoms with Crippen LogP contribution >= 0.6 is 11.6 Å². The highest BCUT2D eigenvalue weighted by molar-refractivity contribution is 6.30. The summed E-state index contributed by atoms with van der Waals surface area (Å²) in [4.78, 5) is 0. The Bertz CT molecular complexity index is 998. The van der Waals surface area contributed by atoms with Gasteiger partial charge in [-0.3, -0.25) is 0 Å². The fourth-order valence-corrected chi connectivity index (χ4v) is 5.41. The molecule has 0 unspecified atom stereocenters. The van der Waals surface area contributed by atoms with Crippen molar-refractivity contribution in [2.75, 3.05) is 0 Å². The van der Waals surface area contributed by atoms with Crippen molar-refractivity contribution in [3.63, 3.8) is 0 Å². The van der Waals surface area contributed by atoms with Gasteiger partial charge in [-0.2, -0.15) is 0 Å². The molecule has 4 rings (SSSR count). The summed E-state index contributed by atoms with van der Waals surface area (Å²) in [5, 5.41) is 0.740. The van der Waals surface area contributed by atoms with E-state index in [9.17, 15) is 4.39 Å². The zero-order chi connectivity index (χ0) is 23.0. The first-order valence-corrected chi connectivity index (χ1v) is 13.1. The van der Waals surface area contributed by atoms with Gasteiger partial charge in [-0.15, -0.1) is 0 Å². The molecule has 0 spiro atoms. The predicted molar refractivity (Wildman–Crippen MR) is 139 cm³/mol. The molecule has 1 fully saturated rings. The number of rotatable bonds is 9. The van der Waals surface area contributed by atoms with Gasteiger partial charge in [0.15, 0.2) is 0 Å². The molecule has 0 nitrogen and oxygen atoms in total. The largest absolute Gasteiger partial charge is 0.207 e. The molecule has 0 aromatic heterocycles. The van der Waals surface area contributed by atoms with Crippen molar-refractivity contribution >= 4 is 11.6 Å². The lowest BCUT2D eigenvalue weighted by Gasteiger charge is -2.29. The van der Waals surface area contributed by atoms with Crippen molar-refractivity contribution in [1.82, 2.24) is 0 Å². The second kappa shape index (κ2) is 11.8. The molecule has 0 heterocycles. The van der Waals surface area contributed by atoms with Gasteiger partial charge in [0.25, 0.3) is 0 Å². The molecule has 2 heteroatoms. The molecule has 1 aliphatic rings. The third-order valence-corrected chi connectivity index (χ3v) is 7.64. The van der Waals surface area contributed by atoms with Crippen LogP contribution in [-0.4, -0.2) is 0 Å². The van der Waals surface area contributed by atoms with Crippen molar-refractivity contribution in [2.24, 2.45) is 5.92 Å². The highest BCUT2D eigenvalue weighted by atomic mass is 35.5. The highest BCUT2D eigenvalue weighted by Gasteiger charge is 2.22. The van der Waals surface area contributed by atoms with Gasteiger partial charge < -0.3 is 0 Å². The average Bonchev–Trinajstić information content (AvgIpc) is 2.84. The molecule has 0 N–H and O–H groups in total. The first kappa shape index (κ1) is 24.0. The van der Waals surface area contributed by atoms with Gasteiger partial charge in [0.05, 0.1) is 0 Å². The van der Waals surface area contributed by atoms with Crippen LogP contribution in [0, 0.1) is 11.7 Å². The molecule has 0 aliphatic heterocycles. The van der Waals surface area contributed by atoms with E-state index in [0.29, 0.717) is 5.92 Å². The monoisotopic (exact) mass is 462 g/mol. The lowest BCUT2D eigenvalue weighted by Crippen LogP contribution is -2.14. The van der Waals surface area contributed by atoms with Crippen molar-refractivity contribution in [1.29, 1.82) is 0 Å². The van der Waals surface area contributed by atoms with Crippen molar-refractivity contribution < 1.29 is 4.39 Å². The van der Waals surface area contributed by atoms with E-state index in [4.69, 9.17) is 11.6 Å². The first-order valence-electron chi connectivity index (χ1n) is 12.7. The molecule has 0 amide bonds. The minimum absolute atomic E-state index is 0.0586. The quantitative estimate of drug-likeness (QED) is 0.297. The standard InChI is InChI=1S/C31H36ClF/c1-2-3-23-6-14-27(15-7-23)28-16-8-24(9-17-28)4-5-26-11-19-29(31(33)22-26)18-10-25-12-20-30(32)21-13-25/h6-7,11-15,19-22,24,28H,2-5,8-10,16-18H2,1H3. The maximum Gasteiger partial charge on any atom is 0.126 e. The van der Waals surface area contributed by atoms with Gasteiger partial charge in [-0.25, -0.2) is 4.39 Å². The normalized spacial score (nSPS) is 18.4. The van der Waals surface area contributed by atoms with Crippen molar-refractivity contribution in [2.45, 2.75) is 77.0 Å². The molecule has 0 atom stereocenters. The van der Waals surface area contributed by atoms with Gasteiger partial charge >= 0.3 is 0 Å². The van der Waals surface area contributed by atoms with Crippen LogP contribution in [0.15, 0.2) is 66.7 Å². The van der Waals surface area contributed by atoms with Gasteiger partial charge in [0.2, 0.25) is 0 Å². The third kappa shape index (κ3) is 6.93. The predicted octanol–water partition coefficient (Wildman–Crippen LogP) is 9.12. The van der Waals surface area contributed by atoms with Crippen LogP contribution in [0.25, 0.3) is 0 Å². The van der Waals surface area contributed by atoms with Crippen LogP contribution in [0.3, 0.4) is 0 Å². The summed E-state index contributed by atoms with van der Waals surface area (Å²) < 4.78 is 14.7. The molecule has 1 saturated carbocycles. The second-order valence-electron chi connectivity index (χ2n) is 9.80. The SMILES string of the molecule is CCCc1ccc(C2CCC(CCc3ccc(CCc4ccc(Cl)cc4)c(F)c3)CC2)cc1. The zero-order valence-electron chi connectivity index (χ0n) is 19.8. The molecular formula is C31H36ClF. The number of hydrogen-bond acceptors (Lipinski definition) is 0. The molecule has 174 valence electrons. The molecule has 3 aromatic rings. The highest BCUT2D eigenvalue weighted by Crippen LogP contribution is 2.37. The molecule has 0 bridgehead atoms. The zero-order valence-corrected chi connectivity index (χ0v) is 20.6. The van der Waals surface area contributed by atoms with Crippen LogP contribution in [0.1, 0.15) is 79.2 Å². The molecule has 0 saturated heterocycles. The number of benzene rings is 3. The molecule has 33 heavy (non-hydrogen) atoms. The Morgan fingerprint density at radius 1 is 0.727 bits per heavy atom. The van der Waals surface area contributed by atoms with Gasteiger partial charge in [-0.05, 0) is 116 Å². The van der Waals surface area contributed by atoms with E-state index in [1.54, 1.807) is 6.07 Å². The van der Waals surface area contributed by atoms with Crippen molar-refractivity contribution in [3.05, 3.63) is 105 Å². The summed E-state index contributed by atoms with van der Waals surface area (Å²) in [5.41, 5.74) is 6.11. The Morgan fingerprint density at radius 2 is 1.36 bits per heavy atom. The second-order valence-corrected chi connectivity index (χ2v) is 10.2. The molecule has 1 aliphatic carbocycles. The lowest BCUT2D eigenvalue weighted by molar-refractivity contribution is 0.310. The van der Waals surface area contributed by atoms with Gasteiger partial charge in [0, 0.05) is 5.02 Å². The van der Waals surface area contributed by atoms with E-state index in [-0.39, 0.29) is 5.82 Å². The summed E-state index contributed by atoms with van der Waals surface area (Å²) in [5.74, 6) is 1.43. The van der Waals surface area contributed by atoms with Crippen LogP contribution in [-0.2, 0) is 25.7 Å². The van der Waals surface area contributed by atoms with Crippen LogP contribution < -0.4 is 0 Å². The molecule has 0 radical (unpaired) electrons. The number of hydrogen-bond donors (Lipinski definition) is 0. The minimum Gasteiger partial charge on any atom is -0.207 e. The Balaban J connectivity index is 1.22.